The van der Waals surface area contributed by atoms with Gasteiger partial charge in [-0.25, -0.2) is 0 Å². The van der Waals surface area contributed by atoms with Gasteiger partial charge >= 0.3 is 5.97 Å². The highest BCUT2D eigenvalue weighted by molar-refractivity contribution is 5.82. The number of benzene rings is 1. The van der Waals surface area contributed by atoms with Gasteiger partial charge in [-0.05, 0) is 50.4 Å². The SMILES string of the molecule is CC[C@@H]1COc2c(OC)c(OC)cc3c2N1[C@@H]1C[C@@H]2OC(=O)C[C@@]24CCCN2CC[C@@]31[C@H]24. The van der Waals surface area contributed by atoms with Crippen molar-refractivity contribution in [2.24, 2.45) is 5.41 Å². The maximum absolute atomic E-state index is 12.7. The molecule has 5 aliphatic heterocycles. The summed E-state index contributed by atoms with van der Waals surface area (Å²) in [5.41, 5.74) is 2.45. The second-order valence-electron chi connectivity index (χ2n) is 10.6. The van der Waals surface area contributed by atoms with Gasteiger partial charge in [-0.1, -0.05) is 6.92 Å². The third-order valence-electron chi connectivity index (χ3n) is 9.70. The summed E-state index contributed by atoms with van der Waals surface area (Å²) in [7, 11) is 3.40. The number of carbonyl (C=O) groups is 1. The molecule has 1 saturated carbocycles. The van der Waals surface area contributed by atoms with Crippen molar-refractivity contribution in [3.63, 3.8) is 0 Å². The zero-order valence-corrected chi connectivity index (χ0v) is 19.2. The lowest BCUT2D eigenvalue weighted by Crippen LogP contribution is -2.69. The van der Waals surface area contributed by atoms with E-state index in [4.69, 9.17) is 18.9 Å². The molecular formula is C25H32N2O5. The fourth-order valence-electron chi connectivity index (χ4n) is 8.74. The number of anilines is 1. The number of methoxy groups -OCH3 is 2. The first-order chi connectivity index (χ1) is 15.6. The zero-order chi connectivity index (χ0) is 21.8. The molecule has 6 atom stereocenters. The summed E-state index contributed by atoms with van der Waals surface area (Å²) >= 11 is 0. The number of hydrogen-bond donors (Lipinski definition) is 0. The van der Waals surface area contributed by atoms with Gasteiger partial charge in [0.05, 0.1) is 32.4 Å². The monoisotopic (exact) mass is 440 g/mol. The van der Waals surface area contributed by atoms with Crippen LogP contribution in [-0.4, -0.2) is 69.0 Å². The summed E-state index contributed by atoms with van der Waals surface area (Å²) in [4.78, 5) is 18.0. The van der Waals surface area contributed by atoms with E-state index in [1.807, 2.05) is 0 Å². The Balaban J connectivity index is 1.52. The average Bonchev–Trinajstić information content (AvgIpc) is 3.44. The van der Waals surface area contributed by atoms with E-state index in [0.29, 0.717) is 36.9 Å². The van der Waals surface area contributed by atoms with E-state index in [-0.39, 0.29) is 22.9 Å². The van der Waals surface area contributed by atoms with Crippen molar-refractivity contribution in [3.8, 4) is 17.2 Å². The Morgan fingerprint density at radius 2 is 2.09 bits per heavy atom. The number of fused-ring (bicyclic) bond motifs is 1. The number of ether oxygens (including phenoxy) is 4. The molecular weight excluding hydrogens is 408 g/mol. The van der Waals surface area contributed by atoms with Crippen LogP contribution in [0.25, 0.3) is 0 Å². The third-order valence-corrected chi connectivity index (χ3v) is 9.70. The summed E-state index contributed by atoms with van der Waals surface area (Å²) in [6.07, 6.45) is 5.85. The standard InChI is InChI=1S/C25H32N2O5/c1-4-14-13-31-22-20-15(10-16(29-2)21(22)30-3)25-7-9-26-8-5-6-24(23(25)26)12-19(28)32-18(24)11-17(25)27(14)20/h10,14,17-18,23H,4-9,11-13H2,1-3H3/t14-,17-,18+,23-,24+,25-/m1/s1. The van der Waals surface area contributed by atoms with Crippen molar-refractivity contribution in [2.45, 2.75) is 75.1 Å². The Labute approximate surface area is 188 Å². The molecule has 1 aromatic carbocycles. The highest BCUT2D eigenvalue weighted by atomic mass is 16.6. The van der Waals surface area contributed by atoms with Crippen LogP contribution in [0, 0.1) is 5.41 Å². The predicted molar refractivity (Wildman–Crippen MR) is 118 cm³/mol. The second kappa shape index (κ2) is 6.25. The van der Waals surface area contributed by atoms with Gasteiger partial charge in [0.2, 0.25) is 5.75 Å². The van der Waals surface area contributed by atoms with E-state index in [9.17, 15) is 4.79 Å². The fraction of sp³-hybridized carbons (Fsp3) is 0.720. The Morgan fingerprint density at radius 3 is 2.88 bits per heavy atom. The Kier molecular flexibility index (Phi) is 3.77. The van der Waals surface area contributed by atoms with Crippen molar-refractivity contribution in [3.05, 3.63) is 11.6 Å². The van der Waals surface area contributed by atoms with E-state index in [2.05, 4.69) is 22.8 Å². The van der Waals surface area contributed by atoms with Crippen molar-refractivity contribution >= 4 is 11.7 Å². The van der Waals surface area contributed by atoms with Crippen LogP contribution < -0.4 is 19.1 Å². The summed E-state index contributed by atoms with van der Waals surface area (Å²) in [6, 6.07) is 3.17. The van der Waals surface area contributed by atoms with Crippen LogP contribution in [0.1, 0.15) is 51.0 Å². The molecule has 7 nitrogen and oxygen atoms in total. The molecule has 1 aliphatic carbocycles. The van der Waals surface area contributed by atoms with E-state index < -0.39 is 0 Å². The molecule has 0 radical (unpaired) electrons. The first-order valence-electron chi connectivity index (χ1n) is 12.2. The largest absolute Gasteiger partial charge is 0.493 e. The van der Waals surface area contributed by atoms with Gasteiger partial charge in [0.15, 0.2) is 11.5 Å². The topological polar surface area (TPSA) is 60.5 Å². The lowest BCUT2D eigenvalue weighted by Gasteiger charge is -2.59. The number of piperidine rings is 1. The maximum atomic E-state index is 12.7. The van der Waals surface area contributed by atoms with Crippen LogP contribution in [0.3, 0.4) is 0 Å². The number of esters is 1. The number of hydrogen-bond acceptors (Lipinski definition) is 7. The molecule has 0 aromatic heterocycles. The van der Waals surface area contributed by atoms with Crippen LogP contribution in [0.5, 0.6) is 17.2 Å². The molecule has 6 aliphatic rings. The van der Waals surface area contributed by atoms with Crippen LogP contribution >= 0.6 is 0 Å². The fourth-order valence-corrected chi connectivity index (χ4v) is 8.74. The molecule has 7 heteroatoms. The molecule has 32 heavy (non-hydrogen) atoms. The van der Waals surface area contributed by atoms with Crippen LogP contribution in [0.4, 0.5) is 5.69 Å². The molecule has 172 valence electrons. The van der Waals surface area contributed by atoms with E-state index in [1.54, 1.807) is 14.2 Å². The van der Waals surface area contributed by atoms with Crippen molar-refractivity contribution in [2.75, 3.05) is 38.8 Å². The Morgan fingerprint density at radius 1 is 1.22 bits per heavy atom. The first-order valence-corrected chi connectivity index (χ1v) is 12.2. The summed E-state index contributed by atoms with van der Waals surface area (Å²) < 4.78 is 24.1. The van der Waals surface area contributed by atoms with Crippen molar-refractivity contribution in [1.29, 1.82) is 0 Å². The first kappa shape index (κ1) is 19.3. The van der Waals surface area contributed by atoms with Gasteiger partial charge in [-0.3, -0.25) is 9.69 Å². The van der Waals surface area contributed by atoms with Gasteiger partial charge in [0.25, 0.3) is 0 Å². The molecule has 7 rings (SSSR count). The molecule has 0 bridgehead atoms. The van der Waals surface area contributed by atoms with Crippen LogP contribution in [0.15, 0.2) is 6.07 Å². The van der Waals surface area contributed by atoms with E-state index >= 15 is 0 Å². The third kappa shape index (κ3) is 1.97. The minimum absolute atomic E-state index is 0.00103. The lowest BCUT2D eigenvalue weighted by molar-refractivity contribution is -0.145. The van der Waals surface area contributed by atoms with Gasteiger partial charge in [-0.15, -0.1) is 0 Å². The highest BCUT2D eigenvalue weighted by Gasteiger charge is 2.74. The van der Waals surface area contributed by atoms with Crippen LogP contribution in [0.2, 0.25) is 0 Å². The lowest BCUT2D eigenvalue weighted by atomic mass is 9.51. The molecule has 0 amide bonds. The Hall–Kier alpha value is -2.15. The molecule has 3 saturated heterocycles. The molecule has 0 N–H and O–H groups in total. The molecule has 0 unspecified atom stereocenters. The van der Waals surface area contributed by atoms with Crippen molar-refractivity contribution < 1.29 is 23.7 Å². The molecule has 1 aromatic rings. The van der Waals surface area contributed by atoms with Gasteiger partial charge in [0, 0.05) is 29.3 Å². The molecule has 2 spiro atoms. The smallest absolute Gasteiger partial charge is 0.306 e. The summed E-state index contributed by atoms with van der Waals surface area (Å²) in [5, 5.41) is 0. The normalized spacial score (nSPS) is 40.7. The van der Waals surface area contributed by atoms with Crippen LogP contribution in [-0.2, 0) is 14.9 Å². The predicted octanol–water partition coefficient (Wildman–Crippen LogP) is 2.87. The minimum Gasteiger partial charge on any atom is -0.493 e. The zero-order valence-electron chi connectivity index (χ0n) is 19.2. The maximum Gasteiger partial charge on any atom is 0.306 e. The number of carbonyl (C=O) groups excluding carboxylic acids is 1. The van der Waals surface area contributed by atoms with Crippen molar-refractivity contribution in [1.82, 2.24) is 4.90 Å². The average molecular weight is 441 g/mol. The number of rotatable bonds is 3. The Bertz CT molecular complexity index is 1010. The molecule has 5 heterocycles. The minimum atomic E-state index is -0.0699. The number of nitrogens with zero attached hydrogens (tertiary/aromatic N) is 2. The second-order valence-corrected chi connectivity index (χ2v) is 10.6. The van der Waals surface area contributed by atoms with Gasteiger partial charge in [-0.2, -0.15) is 0 Å². The summed E-state index contributed by atoms with van der Waals surface area (Å²) in [6.45, 7) is 5.08. The van der Waals surface area contributed by atoms with Gasteiger partial charge < -0.3 is 23.8 Å². The van der Waals surface area contributed by atoms with Gasteiger partial charge in [0.1, 0.15) is 12.7 Å². The summed E-state index contributed by atoms with van der Waals surface area (Å²) in [5.74, 6) is 2.28. The molecule has 4 fully saturated rings. The van der Waals surface area contributed by atoms with E-state index in [0.717, 1.165) is 56.7 Å². The quantitative estimate of drug-likeness (QED) is 0.670. The highest BCUT2D eigenvalue weighted by Crippen LogP contribution is 2.70. The van der Waals surface area contributed by atoms with E-state index in [1.165, 1.54) is 11.3 Å².